The molecule has 14 nitrogen and oxygen atoms in total. The van der Waals surface area contributed by atoms with Gasteiger partial charge in [0.1, 0.15) is 11.1 Å². The number of esters is 2. The fraction of sp³-hybridized carbons (Fsp3) is 0.478. The maximum atomic E-state index is 14.7. The Morgan fingerprint density at radius 2 is 1.14 bits per heavy atom. The lowest BCUT2D eigenvalue weighted by Gasteiger charge is -2.28. The molecular formula is C46H61ClF2N6O8. The van der Waals surface area contributed by atoms with E-state index in [2.05, 4.69) is 68.7 Å². The van der Waals surface area contributed by atoms with Crippen LogP contribution in [0.4, 0.5) is 20.2 Å². The van der Waals surface area contributed by atoms with Gasteiger partial charge in [-0.15, -0.1) is 0 Å². The number of halogens is 3. The third-order valence-electron chi connectivity index (χ3n) is 9.32. The average molecular weight is 899 g/mol. The first-order valence-electron chi connectivity index (χ1n) is 20.5. The lowest BCUT2D eigenvalue weighted by molar-refractivity contribution is -0.153. The molecule has 0 aliphatic rings. The number of ether oxygens (including phenoxy) is 2. The third-order valence-corrected chi connectivity index (χ3v) is 9.48. The molecule has 0 aliphatic carbocycles. The van der Waals surface area contributed by atoms with Gasteiger partial charge in [-0.2, -0.15) is 19.0 Å². The van der Waals surface area contributed by atoms with Crippen LogP contribution in [0.5, 0.6) is 0 Å². The van der Waals surface area contributed by atoms with Crippen LogP contribution in [-0.2, 0) is 42.7 Å². The van der Waals surface area contributed by atoms with E-state index in [1.54, 1.807) is 45.0 Å². The number of nitrogens with one attached hydrogen (secondary N) is 1. The Labute approximate surface area is 373 Å². The van der Waals surface area contributed by atoms with Gasteiger partial charge in [0, 0.05) is 19.8 Å². The molecule has 2 aromatic heterocycles. The van der Waals surface area contributed by atoms with Gasteiger partial charge in [-0.25, -0.2) is 23.9 Å². The quantitative estimate of drug-likeness (QED) is 0.0870. The van der Waals surface area contributed by atoms with Gasteiger partial charge in [0.15, 0.2) is 0 Å². The Balaban J connectivity index is 0.000000377. The zero-order valence-corrected chi connectivity index (χ0v) is 39.5. The number of aromatic nitrogens is 4. The number of para-hydroxylation sites is 2. The van der Waals surface area contributed by atoms with Crippen molar-refractivity contribution in [1.29, 1.82) is 0 Å². The summed E-state index contributed by atoms with van der Waals surface area (Å²) in [5.41, 5.74) is 3.01. The van der Waals surface area contributed by atoms with Crippen molar-refractivity contribution in [1.82, 2.24) is 19.6 Å². The van der Waals surface area contributed by atoms with Crippen molar-refractivity contribution in [2.24, 2.45) is 24.9 Å². The minimum atomic E-state index is -1.18. The Morgan fingerprint density at radius 1 is 0.714 bits per heavy atom. The Hall–Kier alpha value is -5.77. The second-order valence-electron chi connectivity index (χ2n) is 17.3. The molecule has 2 unspecified atom stereocenters. The van der Waals surface area contributed by atoms with Gasteiger partial charge in [0.05, 0.1) is 30.3 Å². The lowest BCUT2D eigenvalue weighted by atomic mass is 9.82. The second-order valence-corrected chi connectivity index (χ2v) is 17.7. The van der Waals surface area contributed by atoms with Crippen molar-refractivity contribution in [3.63, 3.8) is 0 Å². The number of carbonyl (C=O) groups is 6. The molecule has 3 amide bonds. The number of nitrogens with zero attached hydrogens (tertiary/aromatic N) is 5. The summed E-state index contributed by atoms with van der Waals surface area (Å²) in [6, 6.07) is 14.5. The fourth-order valence-corrected chi connectivity index (χ4v) is 7.10. The maximum absolute atomic E-state index is 14.7. The minimum Gasteiger partial charge on any atom is -0.459 e. The number of carbonyl (C=O) groups excluding carboxylic acids is 6. The molecular weight excluding hydrogens is 838 g/mol. The number of aryl methyl sites for hydroxylation is 4. The molecule has 17 heteroatoms. The van der Waals surface area contributed by atoms with Crippen LogP contribution in [0.2, 0.25) is 0 Å². The summed E-state index contributed by atoms with van der Waals surface area (Å²) in [6.07, 6.45) is 1.75. The lowest BCUT2D eigenvalue weighted by Crippen LogP contribution is -2.43. The summed E-state index contributed by atoms with van der Waals surface area (Å²) in [6.45, 7) is 23.4. The molecule has 0 radical (unpaired) electrons. The molecule has 2 heterocycles. The topological polar surface area (TPSA) is 172 Å². The van der Waals surface area contributed by atoms with E-state index in [-0.39, 0.29) is 58.4 Å². The minimum absolute atomic E-state index is 0.00391. The molecule has 2 atom stereocenters. The van der Waals surface area contributed by atoms with Gasteiger partial charge in [0.25, 0.3) is 11.8 Å². The summed E-state index contributed by atoms with van der Waals surface area (Å²) in [5, 5.41) is 9.66. The predicted octanol–water partition coefficient (Wildman–Crippen LogP) is 9.12. The highest BCUT2D eigenvalue weighted by atomic mass is 35.5. The summed E-state index contributed by atoms with van der Waals surface area (Å²) >= 11 is 4.69. The standard InChI is InChI=1S/C23H30FN3O4.C19H26FN3O.C4H5ClO3/c1-8-31-22(30)21(29)27(20(28)18-15(3)25-26(7)19(18)24)17-12-10-9-11-16(17)14(2)13-23(4,5)6;1-12(11-19(3,4)5)14-9-7-8-10-15(14)21-18(24)16-13(2)22-23(6)17(16)20;1-2-8-4(7)3(5)6/h9-12,14H,8,13H2,1-7H3;7-10,12H,11H2,1-6H3,(H,21,24);2H2,1H3. The van der Waals surface area contributed by atoms with Gasteiger partial charge in [-0.1, -0.05) is 91.8 Å². The molecule has 0 spiro atoms. The van der Waals surface area contributed by atoms with E-state index in [1.165, 1.54) is 21.0 Å². The normalized spacial score (nSPS) is 12.1. The maximum Gasteiger partial charge on any atom is 0.397 e. The Bertz CT molecular complexity index is 2270. The smallest absolute Gasteiger partial charge is 0.397 e. The van der Waals surface area contributed by atoms with E-state index in [0.717, 1.165) is 33.5 Å². The first kappa shape index (κ1) is 53.4. The van der Waals surface area contributed by atoms with E-state index >= 15 is 0 Å². The zero-order valence-electron chi connectivity index (χ0n) is 38.7. The van der Waals surface area contributed by atoms with E-state index in [9.17, 15) is 37.5 Å². The van der Waals surface area contributed by atoms with Crippen LogP contribution in [0, 0.1) is 36.6 Å². The van der Waals surface area contributed by atoms with Crippen LogP contribution in [0.1, 0.15) is 137 Å². The van der Waals surface area contributed by atoms with Crippen LogP contribution >= 0.6 is 11.6 Å². The molecule has 0 aliphatic heterocycles. The van der Waals surface area contributed by atoms with Gasteiger partial charge in [-0.05, 0) is 98.1 Å². The number of rotatable bonds is 11. The zero-order chi connectivity index (χ0) is 48.1. The number of amides is 3. The van der Waals surface area contributed by atoms with Crippen LogP contribution in [0.3, 0.4) is 0 Å². The first-order valence-corrected chi connectivity index (χ1v) is 20.8. The molecule has 4 rings (SSSR count). The van der Waals surface area contributed by atoms with Crippen LogP contribution in [-0.4, -0.2) is 67.7 Å². The largest absolute Gasteiger partial charge is 0.459 e. The molecule has 1 N–H and O–H groups in total. The van der Waals surface area contributed by atoms with Crippen molar-refractivity contribution in [2.75, 3.05) is 23.4 Å². The van der Waals surface area contributed by atoms with Crippen LogP contribution in [0.15, 0.2) is 48.5 Å². The molecule has 2 aromatic carbocycles. The summed E-state index contributed by atoms with van der Waals surface area (Å²) in [4.78, 5) is 71.8. The van der Waals surface area contributed by atoms with Crippen LogP contribution < -0.4 is 10.2 Å². The van der Waals surface area contributed by atoms with E-state index in [4.69, 9.17) is 16.3 Å². The number of hydrogen-bond donors (Lipinski definition) is 1. The monoisotopic (exact) mass is 898 g/mol. The fourth-order valence-electron chi connectivity index (χ4n) is 7.05. The highest BCUT2D eigenvalue weighted by molar-refractivity contribution is 6.80. The first-order chi connectivity index (χ1) is 29.2. The highest BCUT2D eigenvalue weighted by Crippen LogP contribution is 2.37. The van der Waals surface area contributed by atoms with Gasteiger partial charge in [-0.3, -0.25) is 19.2 Å². The van der Waals surface area contributed by atoms with Crippen molar-refractivity contribution in [3.05, 3.63) is 94.1 Å². The molecule has 63 heavy (non-hydrogen) atoms. The Morgan fingerprint density at radius 3 is 1.57 bits per heavy atom. The second kappa shape index (κ2) is 23.1. The van der Waals surface area contributed by atoms with Gasteiger partial charge >= 0.3 is 23.1 Å². The van der Waals surface area contributed by atoms with Gasteiger partial charge < -0.3 is 14.8 Å². The Kier molecular flexibility index (Phi) is 19.5. The van der Waals surface area contributed by atoms with Gasteiger partial charge in [0.2, 0.25) is 11.9 Å². The number of benzene rings is 2. The summed E-state index contributed by atoms with van der Waals surface area (Å²) in [7, 11) is 2.84. The van der Waals surface area contributed by atoms with E-state index in [1.807, 2.05) is 31.2 Å². The van der Waals surface area contributed by atoms with E-state index in [0.29, 0.717) is 16.2 Å². The summed E-state index contributed by atoms with van der Waals surface area (Å²) < 4.78 is 39.8. The third kappa shape index (κ3) is 15.2. The van der Waals surface area contributed by atoms with Crippen molar-refractivity contribution in [2.45, 2.75) is 108 Å². The average Bonchev–Trinajstić information content (AvgIpc) is 3.59. The SMILES string of the molecule is CCOC(=O)C(=O)Cl.CCOC(=O)C(=O)N(C(=O)c1c(C)nn(C)c1F)c1ccccc1C(C)CC(C)(C)C.Cc1nn(C)c(F)c1C(=O)Nc1ccccc1C(C)CC(C)(C)C. The highest BCUT2D eigenvalue weighted by Gasteiger charge is 2.37. The van der Waals surface area contributed by atoms with Crippen LogP contribution in [0.25, 0.3) is 0 Å². The number of imide groups is 1. The number of anilines is 2. The number of hydrogen-bond acceptors (Lipinski definition) is 10. The molecule has 4 aromatic rings. The molecule has 0 fully saturated rings. The summed E-state index contributed by atoms with van der Waals surface area (Å²) in [5.74, 6) is -6.04. The predicted molar refractivity (Wildman–Crippen MR) is 238 cm³/mol. The van der Waals surface area contributed by atoms with E-state index < -0.39 is 46.8 Å². The molecule has 0 bridgehead atoms. The van der Waals surface area contributed by atoms with Crippen molar-refractivity contribution >= 4 is 57.9 Å². The van der Waals surface area contributed by atoms with Crippen molar-refractivity contribution < 1.29 is 47.0 Å². The molecule has 0 saturated heterocycles. The molecule has 0 saturated carbocycles. The van der Waals surface area contributed by atoms with Crippen molar-refractivity contribution in [3.8, 4) is 0 Å². The molecule has 344 valence electrons.